The van der Waals surface area contributed by atoms with E-state index in [4.69, 9.17) is 10.2 Å². The van der Waals surface area contributed by atoms with Crippen LogP contribution < -0.4 is 0 Å². The van der Waals surface area contributed by atoms with Crippen LogP contribution in [0.4, 0.5) is 0 Å². The van der Waals surface area contributed by atoms with Crippen molar-refractivity contribution in [2.24, 2.45) is 5.41 Å². The summed E-state index contributed by atoms with van der Waals surface area (Å²) in [4.78, 5) is 54.7. The van der Waals surface area contributed by atoms with Crippen molar-refractivity contribution < 1.29 is 34.5 Å². The second kappa shape index (κ2) is 17.4. The number of aliphatic carboxylic acids is 3. The third kappa shape index (κ3) is 16.4. The number of rotatable bonds is 12. The summed E-state index contributed by atoms with van der Waals surface area (Å²) in [6, 6.07) is 0. The van der Waals surface area contributed by atoms with Crippen molar-refractivity contribution in [3.8, 4) is 0 Å². The first-order chi connectivity index (χ1) is 17.4. The Morgan fingerprint density at radius 3 is 1.03 bits per heavy atom. The van der Waals surface area contributed by atoms with Crippen LogP contribution in [0.1, 0.15) is 59.3 Å². The molecule has 0 atom stereocenters. The van der Waals surface area contributed by atoms with E-state index in [1.54, 1.807) is 0 Å². The molecule has 1 aliphatic rings. The number of carbonyl (C=O) groups excluding carboxylic acids is 1. The van der Waals surface area contributed by atoms with Gasteiger partial charge in [0.05, 0.1) is 19.3 Å². The summed E-state index contributed by atoms with van der Waals surface area (Å²) >= 11 is 0. The van der Waals surface area contributed by atoms with E-state index >= 15 is 0 Å². The predicted octanol–water partition coefficient (Wildman–Crippen LogP) is 1.42. The van der Waals surface area contributed by atoms with Gasteiger partial charge in [0.1, 0.15) is 5.78 Å². The molecule has 0 aromatic rings. The number of carboxylic acids is 3. The minimum absolute atomic E-state index is 0.0418. The Morgan fingerprint density at radius 1 is 0.514 bits per heavy atom. The molecular formula is C26H48N4O7. The molecular weight excluding hydrogens is 480 g/mol. The van der Waals surface area contributed by atoms with E-state index in [9.17, 15) is 24.3 Å². The van der Waals surface area contributed by atoms with Gasteiger partial charge in [-0.1, -0.05) is 20.8 Å². The van der Waals surface area contributed by atoms with E-state index in [0.29, 0.717) is 71.9 Å². The minimum atomic E-state index is -0.852. The van der Waals surface area contributed by atoms with Gasteiger partial charge in [-0.25, -0.2) is 0 Å². The van der Waals surface area contributed by atoms with Crippen LogP contribution >= 0.6 is 0 Å². The Morgan fingerprint density at radius 2 is 0.784 bits per heavy atom. The van der Waals surface area contributed by atoms with Crippen molar-refractivity contribution in [2.45, 2.75) is 59.3 Å². The molecule has 0 radical (unpaired) electrons. The first-order valence-electron chi connectivity index (χ1n) is 13.4. The Balaban J connectivity index is 2.94. The lowest BCUT2D eigenvalue weighted by Crippen LogP contribution is -2.42. The molecule has 1 rings (SSSR count). The minimum Gasteiger partial charge on any atom is -0.481 e. The number of hydrogen-bond acceptors (Lipinski definition) is 8. The van der Waals surface area contributed by atoms with Crippen LogP contribution in [0.5, 0.6) is 0 Å². The molecule has 0 aromatic heterocycles. The fourth-order valence-corrected chi connectivity index (χ4v) is 4.34. The monoisotopic (exact) mass is 528 g/mol. The largest absolute Gasteiger partial charge is 0.481 e. The Bertz CT molecular complexity index is 726. The summed E-state index contributed by atoms with van der Waals surface area (Å²) in [5, 5.41) is 27.5. The van der Waals surface area contributed by atoms with Crippen LogP contribution in [0.3, 0.4) is 0 Å². The van der Waals surface area contributed by atoms with Crippen LogP contribution in [0.25, 0.3) is 0 Å². The van der Waals surface area contributed by atoms with E-state index in [2.05, 4.69) is 19.6 Å². The molecule has 11 nitrogen and oxygen atoms in total. The molecule has 0 aliphatic carbocycles. The van der Waals surface area contributed by atoms with Gasteiger partial charge in [-0.2, -0.15) is 0 Å². The van der Waals surface area contributed by atoms with Gasteiger partial charge in [-0.05, 0) is 39.0 Å². The average Bonchev–Trinajstić information content (AvgIpc) is 2.80. The summed E-state index contributed by atoms with van der Waals surface area (Å²) in [5.41, 5.74) is -0.393. The van der Waals surface area contributed by atoms with Crippen molar-refractivity contribution >= 4 is 23.7 Å². The highest BCUT2D eigenvalue weighted by Gasteiger charge is 2.22. The zero-order chi connectivity index (χ0) is 27.8. The van der Waals surface area contributed by atoms with Gasteiger partial charge in [0.15, 0.2) is 0 Å². The van der Waals surface area contributed by atoms with Crippen molar-refractivity contribution in [3.05, 3.63) is 0 Å². The van der Waals surface area contributed by atoms with Crippen LogP contribution in [0.15, 0.2) is 0 Å². The number of nitrogens with zero attached hydrogens (tertiary/aromatic N) is 4. The second-order valence-electron chi connectivity index (χ2n) is 10.9. The lowest BCUT2D eigenvalue weighted by atomic mass is 9.89. The molecule has 0 unspecified atom stereocenters. The van der Waals surface area contributed by atoms with E-state index in [1.165, 1.54) is 0 Å². The highest BCUT2D eigenvalue weighted by atomic mass is 16.4. The van der Waals surface area contributed by atoms with Gasteiger partial charge < -0.3 is 34.9 Å². The number of hydrogen-bond donors (Lipinski definition) is 3. The predicted molar refractivity (Wildman–Crippen MR) is 141 cm³/mol. The summed E-state index contributed by atoms with van der Waals surface area (Å²) in [7, 11) is 0. The zero-order valence-electron chi connectivity index (χ0n) is 23.0. The van der Waals surface area contributed by atoms with E-state index < -0.39 is 23.3 Å². The third-order valence-electron chi connectivity index (χ3n) is 6.78. The van der Waals surface area contributed by atoms with Crippen LogP contribution in [-0.4, -0.2) is 137 Å². The normalized spacial score (nSPS) is 18.8. The van der Waals surface area contributed by atoms with Gasteiger partial charge >= 0.3 is 17.9 Å². The molecule has 0 aromatic carbocycles. The fraction of sp³-hybridized carbons (Fsp3) is 0.846. The number of carbonyl (C=O) groups is 4. The molecule has 0 amide bonds. The van der Waals surface area contributed by atoms with E-state index in [0.717, 1.165) is 25.9 Å². The fourth-order valence-electron chi connectivity index (χ4n) is 4.34. The van der Waals surface area contributed by atoms with Crippen molar-refractivity contribution in [1.82, 2.24) is 19.6 Å². The molecule has 3 N–H and O–H groups in total. The molecule has 214 valence electrons. The van der Waals surface area contributed by atoms with Gasteiger partial charge in [-0.3, -0.25) is 19.2 Å². The number of carboxylic acid groups (broad SMARTS) is 3. The number of ketones is 1. The van der Waals surface area contributed by atoms with Crippen LogP contribution in [0, 0.1) is 5.41 Å². The summed E-state index contributed by atoms with van der Waals surface area (Å²) < 4.78 is 0. The van der Waals surface area contributed by atoms with Crippen molar-refractivity contribution in [2.75, 3.05) is 78.5 Å². The first kappa shape index (κ1) is 32.9. The second-order valence-corrected chi connectivity index (χ2v) is 10.9. The van der Waals surface area contributed by atoms with Gasteiger partial charge in [0, 0.05) is 64.2 Å². The van der Waals surface area contributed by atoms with E-state index in [1.807, 2.05) is 20.8 Å². The summed E-state index contributed by atoms with van der Waals surface area (Å²) in [5.74, 6) is -2.32. The van der Waals surface area contributed by atoms with E-state index in [-0.39, 0.29) is 25.0 Å². The molecule has 0 saturated carbocycles. The molecule has 0 spiro atoms. The zero-order valence-corrected chi connectivity index (χ0v) is 23.0. The number of Topliss-reactive ketones (excluding diaryl/α,β-unsaturated/α-hetero) is 1. The lowest BCUT2D eigenvalue weighted by Gasteiger charge is -2.32. The Labute approximate surface area is 221 Å². The molecule has 1 fully saturated rings. The molecule has 1 saturated heterocycles. The molecule has 1 aliphatic heterocycles. The molecule has 0 bridgehead atoms. The Kier molecular flexibility index (Phi) is 15.5. The van der Waals surface area contributed by atoms with Gasteiger partial charge in [0.2, 0.25) is 0 Å². The maximum Gasteiger partial charge on any atom is 0.304 e. The van der Waals surface area contributed by atoms with Crippen LogP contribution in [0.2, 0.25) is 0 Å². The maximum atomic E-state index is 12.5. The molecule has 1 heterocycles. The standard InChI is InChI=1S/C26H48N4O7/c1-26(2,3)22(31)6-14-27-10-4-11-29(16-8-24(34)35)20-21-30(17-9-25(36)37)13-5-12-28(19-18-27)15-7-23(32)33/h4-21H2,1-3H3,(H,32,33)(H,34,35)(H,36,37). The molecule has 37 heavy (non-hydrogen) atoms. The summed E-state index contributed by atoms with van der Waals surface area (Å²) in [6.45, 7) is 13.3. The topological polar surface area (TPSA) is 142 Å². The lowest BCUT2D eigenvalue weighted by molar-refractivity contribution is -0.138. The SMILES string of the molecule is CC(C)(C)C(=O)CCN1CCCN(CCC(=O)O)CCN(CCC(=O)O)CCCN(CCC(=O)O)CC1. The summed E-state index contributed by atoms with van der Waals surface area (Å²) in [6.07, 6.45) is 2.20. The highest BCUT2D eigenvalue weighted by molar-refractivity contribution is 5.83. The van der Waals surface area contributed by atoms with Crippen molar-refractivity contribution in [3.63, 3.8) is 0 Å². The third-order valence-corrected chi connectivity index (χ3v) is 6.78. The average molecular weight is 529 g/mol. The van der Waals surface area contributed by atoms with Gasteiger partial charge in [-0.15, -0.1) is 0 Å². The highest BCUT2D eigenvalue weighted by Crippen LogP contribution is 2.17. The smallest absolute Gasteiger partial charge is 0.304 e. The van der Waals surface area contributed by atoms with Gasteiger partial charge in [0.25, 0.3) is 0 Å². The van der Waals surface area contributed by atoms with Crippen LogP contribution in [-0.2, 0) is 19.2 Å². The Hall–Kier alpha value is -2.08. The maximum absolute atomic E-state index is 12.5. The first-order valence-corrected chi connectivity index (χ1v) is 13.4. The van der Waals surface area contributed by atoms with Crippen molar-refractivity contribution in [1.29, 1.82) is 0 Å². The quantitative estimate of drug-likeness (QED) is 0.338. The molecule has 11 heteroatoms.